The maximum atomic E-state index is 12.5. The van der Waals surface area contributed by atoms with Gasteiger partial charge in [-0.05, 0) is 44.9 Å². The van der Waals surface area contributed by atoms with Crippen molar-refractivity contribution in [2.45, 2.75) is 347 Å². The number of nitrogens with one attached hydrogen (secondary N) is 1. The molecule has 2 atom stereocenters. The minimum absolute atomic E-state index is 0.0578. The van der Waals surface area contributed by atoms with Gasteiger partial charge in [0.15, 0.2) is 0 Å². The van der Waals surface area contributed by atoms with E-state index in [0.717, 1.165) is 25.7 Å². The molecule has 0 aliphatic rings. The molecule has 0 heterocycles. The Bertz CT molecular complexity index is 932. The van der Waals surface area contributed by atoms with Gasteiger partial charge in [-0.2, -0.15) is 0 Å². The Kier molecular flexibility index (Phi) is 55.2. The van der Waals surface area contributed by atoms with Crippen molar-refractivity contribution >= 4 is 5.91 Å². The zero-order chi connectivity index (χ0) is 46.3. The summed E-state index contributed by atoms with van der Waals surface area (Å²) in [6.07, 6.45) is 75.0. The molecule has 0 radical (unpaired) electrons. The Hall–Kier alpha value is -1.13. The van der Waals surface area contributed by atoms with Crippen LogP contribution in [0.25, 0.3) is 0 Å². The first kappa shape index (κ1) is 62.9. The first-order valence-corrected chi connectivity index (χ1v) is 29.6. The van der Waals surface area contributed by atoms with Gasteiger partial charge in [-0.1, -0.05) is 308 Å². The lowest BCUT2D eigenvalue weighted by molar-refractivity contribution is -0.123. The molecule has 0 aromatic heterocycles. The number of carbonyl (C=O) groups excluding carboxylic acids is 1. The van der Waals surface area contributed by atoms with Gasteiger partial charge in [0.2, 0.25) is 5.91 Å². The molecule has 0 bridgehead atoms. The van der Waals surface area contributed by atoms with Crippen LogP contribution >= 0.6 is 0 Å². The van der Waals surface area contributed by atoms with Crippen LogP contribution in [0.15, 0.2) is 24.3 Å². The lowest BCUT2D eigenvalue weighted by atomic mass is 10.0. The fraction of sp³-hybridized carbons (Fsp3) is 0.917. The molecule has 4 nitrogen and oxygen atoms in total. The number of hydrogen-bond acceptors (Lipinski definition) is 3. The summed E-state index contributed by atoms with van der Waals surface area (Å²) in [5, 5.41) is 23.2. The first-order valence-electron chi connectivity index (χ1n) is 29.6. The third-order valence-electron chi connectivity index (χ3n) is 13.9. The largest absolute Gasteiger partial charge is 0.394 e. The molecular weight excluding hydrogens is 783 g/mol. The summed E-state index contributed by atoms with van der Waals surface area (Å²) in [4.78, 5) is 12.5. The minimum atomic E-state index is -0.837. The number of hydrogen-bond donors (Lipinski definition) is 3. The van der Waals surface area contributed by atoms with E-state index in [0.29, 0.717) is 6.42 Å². The average Bonchev–Trinajstić information content (AvgIpc) is 3.30. The lowest BCUT2D eigenvalue weighted by Gasteiger charge is -2.20. The monoisotopic (exact) mass is 900 g/mol. The summed E-state index contributed by atoms with van der Waals surface area (Å²) >= 11 is 0. The van der Waals surface area contributed by atoms with Crippen molar-refractivity contribution in [1.82, 2.24) is 5.32 Å². The standard InChI is InChI=1S/C60H117NO3/c1-3-5-7-9-11-13-15-17-19-21-22-23-24-25-26-27-28-29-30-31-32-33-34-35-36-37-38-40-42-44-46-48-50-52-54-56-60(64)61-58(57-62)59(63)55-53-51-49-47-45-43-41-39-20-18-16-14-12-10-8-6-4-2/h27-28,53,55,58-59,62-63H,3-26,29-52,54,56-57H2,1-2H3,(H,61,64)/b28-27-,55-53+. The van der Waals surface area contributed by atoms with Gasteiger partial charge in [0.05, 0.1) is 18.8 Å². The third kappa shape index (κ3) is 51.8. The molecule has 0 saturated carbocycles. The topological polar surface area (TPSA) is 69.6 Å². The van der Waals surface area contributed by atoms with Crippen molar-refractivity contribution in [2.75, 3.05) is 6.61 Å². The Morgan fingerprint density at radius 1 is 0.359 bits per heavy atom. The molecule has 0 saturated heterocycles. The van der Waals surface area contributed by atoms with Crippen LogP contribution in [0, 0.1) is 0 Å². The summed E-state index contributed by atoms with van der Waals surface area (Å²) in [6, 6.07) is -0.620. The van der Waals surface area contributed by atoms with E-state index in [1.54, 1.807) is 6.08 Å². The number of rotatable bonds is 55. The second-order valence-corrected chi connectivity index (χ2v) is 20.4. The summed E-state index contributed by atoms with van der Waals surface area (Å²) in [7, 11) is 0. The zero-order valence-electron chi connectivity index (χ0n) is 43.8. The molecule has 2 unspecified atom stereocenters. The smallest absolute Gasteiger partial charge is 0.220 e. The van der Waals surface area contributed by atoms with E-state index in [9.17, 15) is 15.0 Å². The molecule has 0 rings (SSSR count). The van der Waals surface area contributed by atoms with Crippen LogP contribution in [0.5, 0.6) is 0 Å². The molecule has 380 valence electrons. The number of aliphatic hydroxyl groups is 2. The van der Waals surface area contributed by atoms with E-state index in [4.69, 9.17) is 0 Å². The van der Waals surface area contributed by atoms with E-state index >= 15 is 0 Å². The fourth-order valence-electron chi connectivity index (χ4n) is 9.41. The second kappa shape index (κ2) is 56.2. The summed E-state index contributed by atoms with van der Waals surface area (Å²) < 4.78 is 0. The normalized spacial score (nSPS) is 12.9. The van der Waals surface area contributed by atoms with Crippen molar-refractivity contribution in [3.63, 3.8) is 0 Å². The quantitative estimate of drug-likeness (QED) is 0.0421. The van der Waals surface area contributed by atoms with Gasteiger partial charge < -0.3 is 15.5 Å². The third-order valence-corrected chi connectivity index (χ3v) is 13.9. The van der Waals surface area contributed by atoms with Crippen LogP contribution in [-0.2, 0) is 4.79 Å². The number of amides is 1. The van der Waals surface area contributed by atoms with Gasteiger partial charge >= 0.3 is 0 Å². The molecule has 4 heteroatoms. The molecule has 0 aromatic rings. The maximum Gasteiger partial charge on any atom is 0.220 e. The van der Waals surface area contributed by atoms with Gasteiger partial charge in [-0.15, -0.1) is 0 Å². The highest BCUT2D eigenvalue weighted by atomic mass is 16.3. The Morgan fingerprint density at radius 2 is 0.594 bits per heavy atom. The van der Waals surface area contributed by atoms with Crippen molar-refractivity contribution in [1.29, 1.82) is 0 Å². The van der Waals surface area contributed by atoms with E-state index < -0.39 is 12.1 Å². The van der Waals surface area contributed by atoms with Gasteiger partial charge in [0.25, 0.3) is 0 Å². The van der Waals surface area contributed by atoms with Crippen LogP contribution in [0.4, 0.5) is 0 Å². The minimum Gasteiger partial charge on any atom is -0.394 e. The Labute approximate surface area is 402 Å². The van der Waals surface area contributed by atoms with Gasteiger partial charge in [-0.3, -0.25) is 4.79 Å². The van der Waals surface area contributed by atoms with Gasteiger partial charge in [0.1, 0.15) is 0 Å². The molecule has 0 aliphatic carbocycles. The highest BCUT2D eigenvalue weighted by molar-refractivity contribution is 5.76. The van der Waals surface area contributed by atoms with Crippen LogP contribution in [0.3, 0.4) is 0 Å². The highest BCUT2D eigenvalue weighted by Crippen LogP contribution is 2.18. The first-order chi connectivity index (χ1) is 31.7. The molecule has 3 N–H and O–H groups in total. The summed E-state index contributed by atoms with van der Waals surface area (Å²) in [6.45, 7) is 4.35. The predicted molar refractivity (Wildman–Crippen MR) is 286 cm³/mol. The van der Waals surface area contributed by atoms with E-state index in [-0.39, 0.29) is 12.5 Å². The van der Waals surface area contributed by atoms with Gasteiger partial charge in [0, 0.05) is 6.42 Å². The van der Waals surface area contributed by atoms with Crippen LogP contribution < -0.4 is 5.32 Å². The molecule has 64 heavy (non-hydrogen) atoms. The van der Waals surface area contributed by atoms with Crippen molar-refractivity contribution in [2.24, 2.45) is 0 Å². The molecule has 1 amide bonds. The molecule has 0 aliphatic heterocycles. The second-order valence-electron chi connectivity index (χ2n) is 20.4. The Morgan fingerprint density at radius 3 is 0.859 bits per heavy atom. The number of carbonyl (C=O) groups is 1. The van der Waals surface area contributed by atoms with Crippen molar-refractivity contribution in [3.8, 4) is 0 Å². The molecule has 0 fully saturated rings. The lowest BCUT2D eigenvalue weighted by Crippen LogP contribution is -2.45. The maximum absolute atomic E-state index is 12.5. The van der Waals surface area contributed by atoms with Crippen molar-refractivity contribution in [3.05, 3.63) is 24.3 Å². The van der Waals surface area contributed by atoms with Crippen LogP contribution in [0.1, 0.15) is 335 Å². The van der Waals surface area contributed by atoms with Crippen LogP contribution in [0.2, 0.25) is 0 Å². The van der Waals surface area contributed by atoms with E-state index in [1.807, 2.05) is 6.08 Å². The Balaban J connectivity index is 3.41. The van der Waals surface area contributed by atoms with Gasteiger partial charge in [-0.25, -0.2) is 0 Å². The van der Waals surface area contributed by atoms with E-state index in [1.165, 1.54) is 289 Å². The number of allylic oxidation sites excluding steroid dienone is 3. The zero-order valence-corrected chi connectivity index (χ0v) is 43.8. The van der Waals surface area contributed by atoms with Crippen LogP contribution in [-0.4, -0.2) is 34.9 Å². The summed E-state index contributed by atoms with van der Waals surface area (Å²) in [5.74, 6) is -0.0578. The highest BCUT2D eigenvalue weighted by Gasteiger charge is 2.18. The number of unbranched alkanes of at least 4 members (excludes halogenated alkanes) is 46. The predicted octanol–water partition coefficient (Wildman–Crippen LogP) is 19.5. The summed E-state index contributed by atoms with van der Waals surface area (Å²) in [5.41, 5.74) is 0. The fourth-order valence-corrected chi connectivity index (χ4v) is 9.41. The average molecular weight is 901 g/mol. The molecule has 0 aromatic carbocycles. The number of aliphatic hydroxyl groups excluding tert-OH is 2. The molecular formula is C60H117NO3. The van der Waals surface area contributed by atoms with Crippen molar-refractivity contribution < 1.29 is 15.0 Å². The SMILES string of the molecule is CCCCCCCCCCCCCCCC/C=C\CCCCCCCCCCCCCCCCCCCC(=O)NC(CO)C(O)/C=C/CCCCCCCCCCCCCCCCC. The van der Waals surface area contributed by atoms with E-state index in [2.05, 4.69) is 31.3 Å². The molecule has 0 spiro atoms.